The van der Waals surface area contributed by atoms with Crippen LogP contribution in [0.25, 0.3) is 0 Å². The summed E-state index contributed by atoms with van der Waals surface area (Å²) in [4.78, 5) is 12.1. The maximum atomic E-state index is 13.0. The molecule has 1 atom stereocenters. The molecule has 0 radical (unpaired) electrons. The van der Waals surface area contributed by atoms with E-state index in [4.69, 9.17) is 0 Å². The van der Waals surface area contributed by atoms with Crippen LogP contribution < -0.4 is 10.6 Å². The molecule has 3 nitrogen and oxygen atoms in total. The third-order valence-electron chi connectivity index (χ3n) is 3.97. The normalized spacial score (nSPS) is 12.9. The molecule has 0 aromatic heterocycles. The second-order valence-corrected chi connectivity index (χ2v) is 6.21. The predicted octanol–water partition coefficient (Wildman–Crippen LogP) is 3.60. The number of rotatable bonds is 6. The number of benzene rings is 2. The summed E-state index contributed by atoms with van der Waals surface area (Å²) in [5.41, 5.74) is 0.0296. The molecule has 134 valence electrons. The Kier molecular flexibility index (Phi) is 6.20. The second-order valence-electron chi connectivity index (χ2n) is 6.21. The van der Waals surface area contributed by atoms with Gasteiger partial charge in [-0.2, -0.15) is 13.2 Å². The maximum Gasteiger partial charge on any atom is 0.418 e. The predicted molar refractivity (Wildman–Crippen MR) is 90.9 cm³/mol. The number of carbonyl (C=O) groups excluding carboxylic acids is 1. The minimum Gasteiger partial charge on any atom is -0.332 e. The molecule has 25 heavy (non-hydrogen) atoms. The minimum atomic E-state index is -4.50. The lowest BCUT2D eigenvalue weighted by atomic mass is 9.96. The Hall–Kier alpha value is -2.34. The maximum absolute atomic E-state index is 13.0. The Balaban J connectivity index is 2.03. The van der Waals surface area contributed by atoms with Crippen molar-refractivity contribution in [3.8, 4) is 0 Å². The summed E-state index contributed by atoms with van der Waals surface area (Å²) in [6, 6.07) is 14.8. The average molecular weight is 351 g/mol. The van der Waals surface area contributed by atoms with E-state index in [1.807, 2.05) is 49.5 Å². The third kappa shape index (κ3) is 5.32. The van der Waals surface area contributed by atoms with E-state index in [2.05, 4.69) is 5.32 Å². The van der Waals surface area contributed by atoms with E-state index in [1.165, 1.54) is 18.2 Å². The van der Waals surface area contributed by atoms with Crippen molar-refractivity contribution in [2.75, 3.05) is 11.9 Å². The Bertz CT molecular complexity index is 699. The van der Waals surface area contributed by atoms with Gasteiger partial charge in [0.05, 0.1) is 11.3 Å². The Morgan fingerprint density at radius 1 is 1.04 bits per heavy atom. The lowest BCUT2D eigenvalue weighted by molar-refractivity contribution is -0.692. The average Bonchev–Trinajstić information content (AvgIpc) is 2.55. The largest absolute Gasteiger partial charge is 0.418 e. The van der Waals surface area contributed by atoms with Gasteiger partial charge in [-0.3, -0.25) is 4.79 Å². The minimum absolute atomic E-state index is 0.0456. The molecule has 0 unspecified atom stereocenters. The van der Waals surface area contributed by atoms with Crippen LogP contribution in [0.3, 0.4) is 0 Å². The highest BCUT2D eigenvalue weighted by Gasteiger charge is 2.33. The van der Waals surface area contributed by atoms with Crippen LogP contribution in [0.4, 0.5) is 18.9 Å². The van der Waals surface area contributed by atoms with Gasteiger partial charge in [-0.1, -0.05) is 56.3 Å². The number of nitrogens with two attached hydrogens (primary N) is 1. The first kappa shape index (κ1) is 19.0. The zero-order valence-corrected chi connectivity index (χ0v) is 14.2. The van der Waals surface area contributed by atoms with E-state index in [1.54, 1.807) is 0 Å². The topological polar surface area (TPSA) is 45.7 Å². The summed E-state index contributed by atoms with van der Waals surface area (Å²) < 4.78 is 38.9. The molecule has 0 aliphatic rings. The van der Waals surface area contributed by atoms with E-state index >= 15 is 0 Å². The highest BCUT2D eigenvalue weighted by molar-refractivity contribution is 5.92. The number of nitrogens with one attached hydrogen (secondary N) is 1. The van der Waals surface area contributed by atoms with E-state index in [-0.39, 0.29) is 24.2 Å². The molecule has 0 saturated carbocycles. The fourth-order valence-electron chi connectivity index (χ4n) is 2.74. The molecule has 6 heteroatoms. The number of alkyl halides is 3. The zero-order chi connectivity index (χ0) is 18.4. The molecular formula is C19H22F3N2O+. The summed E-state index contributed by atoms with van der Waals surface area (Å²) in [7, 11) is 0. The van der Waals surface area contributed by atoms with Crippen LogP contribution in [-0.4, -0.2) is 12.5 Å². The fraction of sp³-hybridized carbons (Fsp3) is 0.316. The number of para-hydroxylation sites is 1. The fourth-order valence-corrected chi connectivity index (χ4v) is 2.74. The number of carbonyl (C=O) groups is 1. The molecule has 0 aliphatic heterocycles. The number of hydrogen-bond acceptors (Lipinski definition) is 1. The molecule has 3 N–H and O–H groups in total. The number of quaternary nitrogens is 1. The molecule has 2 rings (SSSR count). The monoisotopic (exact) mass is 351 g/mol. The molecule has 0 bridgehead atoms. The van der Waals surface area contributed by atoms with Gasteiger partial charge in [0.2, 0.25) is 0 Å². The summed E-state index contributed by atoms with van der Waals surface area (Å²) >= 11 is 0. The molecule has 0 saturated heterocycles. The van der Waals surface area contributed by atoms with Gasteiger partial charge in [0, 0.05) is 11.5 Å². The Morgan fingerprint density at radius 2 is 1.64 bits per heavy atom. The van der Waals surface area contributed by atoms with Crippen LogP contribution in [0.1, 0.15) is 31.0 Å². The van der Waals surface area contributed by atoms with E-state index in [9.17, 15) is 18.0 Å². The van der Waals surface area contributed by atoms with Crippen LogP contribution >= 0.6 is 0 Å². The SMILES string of the molecule is CC(C)[C@@H]([NH2+]CC(=O)Nc1ccccc1C(F)(F)F)c1ccccc1. The van der Waals surface area contributed by atoms with Crippen LogP contribution in [-0.2, 0) is 11.0 Å². The van der Waals surface area contributed by atoms with Crippen LogP contribution in [0, 0.1) is 5.92 Å². The molecule has 0 fully saturated rings. The molecular weight excluding hydrogens is 329 g/mol. The van der Waals surface area contributed by atoms with E-state index in [0.29, 0.717) is 0 Å². The first-order chi connectivity index (χ1) is 11.8. The number of anilines is 1. The first-order valence-corrected chi connectivity index (χ1v) is 8.13. The summed E-state index contributed by atoms with van der Waals surface area (Å²) in [6.45, 7) is 4.14. The molecule has 0 spiro atoms. The van der Waals surface area contributed by atoms with Crippen molar-refractivity contribution < 1.29 is 23.3 Å². The molecule has 1 amide bonds. The van der Waals surface area contributed by atoms with Crippen LogP contribution in [0.2, 0.25) is 0 Å². The van der Waals surface area contributed by atoms with Gasteiger partial charge < -0.3 is 10.6 Å². The van der Waals surface area contributed by atoms with Gasteiger partial charge in [-0.15, -0.1) is 0 Å². The van der Waals surface area contributed by atoms with Crippen LogP contribution in [0.5, 0.6) is 0 Å². The smallest absolute Gasteiger partial charge is 0.332 e. The molecule has 2 aromatic carbocycles. The van der Waals surface area contributed by atoms with E-state index < -0.39 is 17.6 Å². The highest BCUT2D eigenvalue weighted by Crippen LogP contribution is 2.34. The van der Waals surface area contributed by atoms with Crippen molar-refractivity contribution in [3.63, 3.8) is 0 Å². The van der Waals surface area contributed by atoms with Crippen molar-refractivity contribution in [2.45, 2.75) is 26.1 Å². The van der Waals surface area contributed by atoms with Gasteiger partial charge in [-0.05, 0) is 12.1 Å². The second kappa shape index (κ2) is 8.16. The quantitative estimate of drug-likeness (QED) is 0.821. The molecule has 0 heterocycles. The van der Waals surface area contributed by atoms with Gasteiger partial charge in [-0.25, -0.2) is 0 Å². The first-order valence-electron chi connectivity index (χ1n) is 8.13. The van der Waals surface area contributed by atoms with Crippen molar-refractivity contribution in [1.82, 2.24) is 0 Å². The van der Waals surface area contributed by atoms with Crippen LogP contribution in [0.15, 0.2) is 54.6 Å². The van der Waals surface area contributed by atoms with Gasteiger partial charge >= 0.3 is 6.18 Å². The number of amides is 1. The Morgan fingerprint density at radius 3 is 2.24 bits per heavy atom. The van der Waals surface area contributed by atoms with Gasteiger partial charge in [0.15, 0.2) is 6.54 Å². The summed E-state index contributed by atoms with van der Waals surface area (Å²) in [5, 5.41) is 4.23. The van der Waals surface area contributed by atoms with Crippen molar-refractivity contribution in [3.05, 3.63) is 65.7 Å². The van der Waals surface area contributed by atoms with Crippen molar-refractivity contribution >= 4 is 11.6 Å². The lowest BCUT2D eigenvalue weighted by Gasteiger charge is -2.20. The standard InChI is InChI=1S/C19H21F3N2O/c1-13(2)18(14-8-4-3-5-9-14)23-12-17(25)24-16-11-7-6-10-15(16)19(20,21)22/h3-11,13,18,23H,12H2,1-2H3,(H,24,25)/p+1/t18-/m1/s1. The zero-order valence-electron chi connectivity index (χ0n) is 14.2. The van der Waals surface area contributed by atoms with Crippen molar-refractivity contribution in [2.24, 2.45) is 5.92 Å². The lowest BCUT2D eigenvalue weighted by Crippen LogP contribution is -2.88. The number of hydrogen-bond donors (Lipinski definition) is 2. The van der Waals surface area contributed by atoms with Gasteiger partial charge in [0.25, 0.3) is 5.91 Å². The number of halogens is 3. The summed E-state index contributed by atoms with van der Waals surface area (Å²) in [6.07, 6.45) is -4.50. The third-order valence-corrected chi connectivity index (χ3v) is 3.97. The Labute approximate surface area is 145 Å². The van der Waals surface area contributed by atoms with Crippen molar-refractivity contribution in [1.29, 1.82) is 0 Å². The van der Waals surface area contributed by atoms with Gasteiger partial charge in [0.1, 0.15) is 6.04 Å². The summed E-state index contributed by atoms with van der Waals surface area (Å²) in [5.74, 6) is -0.184. The molecule has 0 aliphatic carbocycles. The molecule has 2 aromatic rings. The highest BCUT2D eigenvalue weighted by atomic mass is 19.4. The van der Waals surface area contributed by atoms with E-state index in [0.717, 1.165) is 11.6 Å².